The fraction of sp³-hybridized carbons (Fsp3) is 0.625. The number of urea groups is 1. The number of halogens is 3. The molecule has 3 aromatic rings. The minimum atomic E-state index is -4.46. The summed E-state index contributed by atoms with van der Waals surface area (Å²) in [6, 6.07) is -0.581. The number of anilines is 1. The Morgan fingerprint density at radius 3 is 2.61 bits per heavy atom. The van der Waals surface area contributed by atoms with E-state index < -0.39 is 17.9 Å². The molecule has 46 heavy (non-hydrogen) atoms. The van der Waals surface area contributed by atoms with E-state index in [0.29, 0.717) is 84.6 Å². The molecule has 0 saturated heterocycles. The van der Waals surface area contributed by atoms with Crippen LogP contribution in [-0.2, 0) is 19.1 Å². The second kappa shape index (κ2) is 8.88. The Balaban J connectivity index is 1.02. The Bertz CT molecular complexity index is 1820. The molecule has 6 aliphatic rings. The van der Waals surface area contributed by atoms with Crippen LogP contribution in [0.1, 0.15) is 80.0 Å². The molecule has 1 spiro atoms. The maximum absolute atomic E-state index is 13.6. The van der Waals surface area contributed by atoms with Crippen molar-refractivity contribution in [3.05, 3.63) is 41.0 Å². The molecule has 0 aromatic carbocycles. The van der Waals surface area contributed by atoms with Crippen LogP contribution < -0.4 is 15.8 Å². The highest BCUT2D eigenvalue weighted by molar-refractivity contribution is 5.74. The van der Waals surface area contributed by atoms with Gasteiger partial charge in [-0.3, -0.25) is 0 Å². The molecule has 3 N–H and O–H groups in total. The number of ether oxygens (including phenoxy) is 1. The molecule has 0 bridgehead atoms. The number of nitrogens with two attached hydrogens (primary N) is 1. The van der Waals surface area contributed by atoms with Crippen LogP contribution >= 0.6 is 0 Å². The van der Waals surface area contributed by atoms with Crippen LogP contribution in [0.25, 0.3) is 11.4 Å². The summed E-state index contributed by atoms with van der Waals surface area (Å²) in [5, 5.41) is 3.68. The molecule has 3 aromatic heterocycles. The summed E-state index contributed by atoms with van der Waals surface area (Å²) in [4.78, 5) is 36.9. The smallest absolute Gasteiger partial charge is 0.434 e. The number of nitrogens with one attached hydrogen (secondary N) is 1. The molecular weight excluding hydrogens is 599 g/mol. The summed E-state index contributed by atoms with van der Waals surface area (Å²) in [7, 11) is 1.58. The van der Waals surface area contributed by atoms with E-state index >= 15 is 0 Å². The van der Waals surface area contributed by atoms with E-state index in [1.807, 2.05) is 13.8 Å². The summed E-state index contributed by atoms with van der Waals surface area (Å²) in [6.07, 6.45) is 0.863. The number of methoxy groups -OCH3 is 1. The average Bonchev–Trinajstić information content (AvgIpc) is 3.96. The van der Waals surface area contributed by atoms with Gasteiger partial charge in [0.25, 0.3) is 0 Å². The number of amides is 2. The van der Waals surface area contributed by atoms with Gasteiger partial charge in [0, 0.05) is 54.6 Å². The van der Waals surface area contributed by atoms with E-state index in [9.17, 15) is 18.0 Å². The van der Waals surface area contributed by atoms with Gasteiger partial charge < -0.3 is 25.3 Å². The lowest BCUT2D eigenvalue weighted by Gasteiger charge is -2.65. The maximum Gasteiger partial charge on any atom is 0.434 e. The monoisotopic (exact) mass is 635 g/mol. The molecule has 4 heterocycles. The van der Waals surface area contributed by atoms with E-state index in [-0.39, 0.29) is 22.8 Å². The van der Waals surface area contributed by atoms with E-state index in [1.54, 1.807) is 16.6 Å². The van der Waals surface area contributed by atoms with Crippen molar-refractivity contribution >= 4 is 11.8 Å². The molecule has 5 fully saturated rings. The summed E-state index contributed by atoms with van der Waals surface area (Å²) < 4.78 is 48.3. The van der Waals surface area contributed by atoms with Crippen molar-refractivity contribution in [1.29, 1.82) is 0 Å². The van der Waals surface area contributed by atoms with E-state index in [1.165, 1.54) is 12.5 Å². The zero-order valence-electron chi connectivity index (χ0n) is 26.1. The van der Waals surface area contributed by atoms with Crippen LogP contribution in [0.3, 0.4) is 0 Å². The Kier molecular flexibility index (Phi) is 5.46. The predicted octanol–water partition coefficient (Wildman–Crippen LogP) is 4.76. The van der Waals surface area contributed by atoms with Gasteiger partial charge in [0.05, 0.1) is 25.0 Å². The Morgan fingerprint density at radius 2 is 1.98 bits per heavy atom. The number of hydrogen-bond donors (Lipinski definition) is 2. The highest BCUT2D eigenvalue weighted by atomic mass is 19.4. The van der Waals surface area contributed by atoms with Crippen LogP contribution in [-0.4, -0.2) is 60.6 Å². The molecule has 2 amide bonds. The molecule has 9 rings (SSSR count). The van der Waals surface area contributed by atoms with Gasteiger partial charge in [-0.25, -0.2) is 29.7 Å². The van der Waals surface area contributed by atoms with Gasteiger partial charge in [0.1, 0.15) is 23.5 Å². The molecule has 6 unspecified atom stereocenters. The molecule has 7 atom stereocenters. The van der Waals surface area contributed by atoms with Crippen LogP contribution in [0, 0.1) is 34.5 Å². The minimum absolute atomic E-state index is 0.0642. The first-order valence-electron chi connectivity index (χ1n) is 16.2. The number of nitrogens with zero attached hydrogens (tertiary/aromatic N) is 7. The van der Waals surface area contributed by atoms with Crippen LogP contribution in [0.5, 0.6) is 5.88 Å². The van der Waals surface area contributed by atoms with Gasteiger partial charge in [-0.1, -0.05) is 6.92 Å². The number of fused-ring (bicyclic) bond motifs is 3. The van der Waals surface area contributed by atoms with Crippen LogP contribution in [0.15, 0.2) is 12.5 Å². The topological polar surface area (TPSA) is 137 Å². The maximum atomic E-state index is 13.6. The van der Waals surface area contributed by atoms with E-state index in [2.05, 4.69) is 27.2 Å². The first kappa shape index (κ1) is 28.3. The van der Waals surface area contributed by atoms with Gasteiger partial charge in [-0.2, -0.15) is 13.2 Å². The minimum Gasteiger partial charge on any atom is -0.480 e. The van der Waals surface area contributed by atoms with Crippen molar-refractivity contribution in [2.45, 2.75) is 70.6 Å². The van der Waals surface area contributed by atoms with Gasteiger partial charge >= 0.3 is 12.2 Å². The Labute approximate surface area is 263 Å². The molecule has 0 radical (unpaired) electrons. The van der Waals surface area contributed by atoms with Gasteiger partial charge in [0.15, 0.2) is 11.5 Å². The lowest BCUT2D eigenvalue weighted by molar-refractivity contribution is -0.151. The third-order valence-electron chi connectivity index (χ3n) is 12.3. The lowest BCUT2D eigenvalue weighted by Crippen LogP contribution is -2.63. The number of hydrogen-bond acceptors (Lipinski definition) is 8. The third kappa shape index (κ3) is 3.34. The number of alkyl halides is 3. The van der Waals surface area contributed by atoms with Gasteiger partial charge in [-0.05, 0) is 55.8 Å². The standard InChI is InChI=1S/C32H36F3N9O2/c1-13(2)44-10-18(32(33,34)35)41-27(44)19-21-14(3)30(24-22(19)31(21,24)30)11-37-25-16-9-43(29(36)45)8-7-17(16)40-26(42-25)20-23(15-5-6-15)38-12-39-28(20)46-4/h10,12-15,19,21-22,24H,5-9,11H2,1-4H3,(H2,36,45)(H,37,40,42)/t14?,19?,21?,22?,24?,30-,31?/m1/s1. The Morgan fingerprint density at radius 1 is 1.20 bits per heavy atom. The molecule has 1 aliphatic heterocycles. The molecule has 5 aliphatic carbocycles. The summed E-state index contributed by atoms with van der Waals surface area (Å²) in [5.74, 6) is 4.09. The highest BCUT2D eigenvalue weighted by Crippen LogP contribution is 3.13. The number of primary amides is 1. The van der Waals surface area contributed by atoms with Crippen molar-refractivity contribution in [2.75, 3.05) is 25.5 Å². The average molecular weight is 636 g/mol. The second-order valence-corrected chi connectivity index (χ2v) is 14.4. The summed E-state index contributed by atoms with van der Waals surface area (Å²) >= 11 is 0. The zero-order chi connectivity index (χ0) is 32.1. The molecule has 242 valence electrons. The van der Waals surface area contributed by atoms with E-state index in [4.69, 9.17) is 20.4 Å². The SMILES string of the molecule is COc1ncnc(C2CC2)c1-c1nc2c(c(NC[C@@]34C(C)C5C(c6nc(C(F)(F)F)cn6C(C)C)C6C3C564)n1)CN(C(N)=O)CC2. The normalized spacial score (nSPS) is 33.0. The van der Waals surface area contributed by atoms with Crippen LogP contribution in [0.2, 0.25) is 0 Å². The van der Waals surface area contributed by atoms with Crippen molar-refractivity contribution < 1.29 is 22.7 Å². The molecule has 5 saturated carbocycles. The number of carbonyl (C=O) groups is 1. The first-order valence-corrected chi connectivity index (χ1v) is 16.2. The molecular formula is C32H36F3N9O2. The van der Waals surface area contributed by atoms with E-state index in [0.717, 1.165) is 29.8 Å². The van der Waals surface area contributed by atoms with Gasteiger partial charge in [-0.15, -0.1) is 0 Å². The molecule has 11 nitrogen and oxygen atoms in total. The predicted molar refractivity (Wildman–Crippen MR) is 159 cm³/mol. The lowest BCUT2D eigenvalue weighted by atomic mass is 9.39. The first-order chi connectivity index (χ1) is 21.9. The number of aromatic nitrogens is 6. The fourth-order valence-corrected chi connectivity index (χ4v) is 10.3. The van der Waals surface area contributed by atoms with Crippen molar-refractivity contribution in [3.63, 3.8) is 0 Å². The zero-order valence-corrected chi connectivity index (χ0v) is 26.1. The number of rotatable bonds is 8. The van der Waals surface area contributed by atoms with Crippen molar-refractivity contribution in [2.24, 2.45) is 40.2 Å². The van der Waals surface area contributed by atoms with Gasteiger partial charge in [0.2, 0.25) is 5.88 Å². The Hall–Kier alpha value is -3.97. The van der Waals surface area contributed by atoms with Crippen LogP contribution in [0.4, 0.5) is 23.8 Å². The van der Waals surface area contributed by atoms with Crippen molar-refractivity contribution in [3.8, 4) is 17.3 Å². The quantitative estimate of drug-likeness (QED) is 0.362. The largest absolute Gasteiger partial charge is 0.480 e. The fourth-order valence-electron chi connectivity index (χ4n) is 10.3. The second-order valence-electron chi connectivity index (χ2n) is 14.4. The summed E-state index contributed by atoms with van der Waals surface area (Å²) in [6.45, 7) is 7.54. The molecule has 14 heteroatoms. The van der Waals surface area contributed by atoms with Crippen molar-refractivity contribution in [1.82, 2.24) is 34.4 Å². The third-order valence-corrected chi connectivity index (χ3v) is 12.3. The number of carbonyl (C=O) groups excluding carboxylic acids is 1. The highest BCUT2D eigenvalue weighted by Gasteiger charge is 3.11. The number of imidazole rings is 1. The summed E-state index contributed by atoms with van der Waals surface area (Å²) in [5.41, 5.74) is 8.45.